The van der Waals surface area contributed by atoms with Crippen LogP contribution in [-0.2, 0) is 4.79 Å². The van der Waals surface area contributed by atoms with Crippen molar-refractivity contribution in [3.63, 3.8) is 0 Å². The number of hydrogen-bond donors (Lipinski definition) is 2. The van der Waals surface area contributed by atoms with Crippen LogP contribution in [-0.4, -0.2) is 18.1 Å². The summed E-state index contributed by atoms with van der Waals surface area (Å²) in [6.07, 6.45) is -4.50. The van der Waals surface area contributed by atoms with E-state index in [1.165, 1.54) is 25.1 Å². The number of alkyl halides is 3. The second kappa shape index (κ2) is 4.44. The second-order valence-electron chi connectivity index (χ2n) is 4.08. The van der Waals surface area contributed by atoms with Gasteiger partial charge in [0.25, 0.3) is 0 Å². The van der Waals surface area contributed by atoms with E-state index < -0.39 is 24.2 Å². The first kappa shape index (κ1) is 13.2. The number of fused-ring (bicyclic) bond motifs is 1. The number of hydrogen-bond acceptors (Lipinski definition) is 2. The van der Waals surface area contributed by atoms with Gasteiger partial charge in [-0.25, -0.2) is 0 Å². The number of rotatable bonds is 0. The molecule has 1 aromatic carbocycles. The average molecular weight is 279 g/mol. The first-order valence-corrected chi connectivity index (χ1v) is 5.60. The van der Waals surface area contributed by atoms with Crippen molar-refractivity contribution in [1.29, 1.82) is 0 Å². The lowest BCUT2D eigenvalue weighted by Gasteiger charge is -2.22. The van der Waals surface area contributed by atoms with Gasteiger partial charge in [-0.05, 0) is 25.1 Å². The topological polar surface area (TPSA) is 41.1 Å². The number of carbonyl (C=O) groups excluding carboxylic acids is 1. The zero-order valence-corrected chi connectivity index (χ0v) is 10.1. The highest BCUT2D eigenvalue weighted by Crippen LogP contribution is 2.39. The van der Waals surface area contributed by atoms with Crippen molar-refractivity contribution >= 4 is 23.2 Å². The molecule has 2 atom stereocenters. The summed E-state index contributed by atoms with van der Waals surface area (Å²) in [4.78, 5) is 11.6. The first-order chi connectivity index (χ1) is 8.29. The minimum absolute atomic E-state index is 0.0762. The summed E-state index contributed by atoms with van der Waals surface area (Å²) in [5.74, 6) is -0.509. The lowest BCUT2D eigenvalue weighted by atomic mass is 10.0. The maximum absolute atomic E-state index is 13.0. The maximum atomic E-state index is 13.0. The van der Waals surface area contributed by atoms with Crippen LogP contribution in [0, 0.1) is 0 Å². The first-order valence-electron chi connectivity index (χ1n) is 5.22. The van der Waals surface area contributed by atoms with E-state index in [1.807, 2.05) is 0 Å². The van der Waals surface area contributed by atoms with Gasteiger partial charge in [-0.1, -0.05) is 11.6 Å². The lowest BCUT2D eigenvalue weighted by molar-refractivity contribution is -0.159. The zero-order chi connectivity index (χ0) is 13.5. The monoisotopic (exact) mass is 278 g/mol. The molecule has 0 aromatic heterocycles. The van der Waals surface area contributed by atoms with Crippen LogP contribution in [0.1, 0.15) is 18.5 Å². The van der Waals surface area contributed by atoms with Crippen LogP contribution in [0.15, 0.2) is 18.2 Å². The molecule has 0 saturated heterocycles. The molecule has 0 bridgehead atoms. The van der Waals surface area contributed by atoms with Crippen molar-refractivity contribution < 1.29 is 18.0 Å². The van der Waals surface area contributed by atoms with Crippen molar-refractivity contribution in [3.05, 3.63) is 28.8 Å². The van der Waals surface area contributed by atoms with E-state index >= 15 is 0 Å². The summed E-state index contributed by atoms with van der Waals surface area (Å²) in [7, 11) is 0. The normalized spacial score (nSPS) is 24.2. The van der Waals surface area contributed by atoms with Crippen molar-refractivity contribution in [3.8, 4) is 0 Å². The molecule has 98 valence electrons. The summed E-state index contributed by atoms with van der Waals surface area (Å²) in [6, 6.07) is 1.15. The Morgan fingerprint density at radius 3 is 2.61 bits per heavy atom. The third-order valence-electron chi connectivity index (χ3n) is 2.72. The fourth-order valence-corrected chi connectivity index (χ4v) is 1.99. The Morgan fingerprint density at radius 2 is 2.00 bits per heavy atom. The molecule has 1 amide bonds. The number of halogens is 4. The van der Waals surface area contributed by atoms with Crippen LogP contribution in [0.4, 0.5) is 18.9 Å². The van der Waals surface area contributed by atoms with Crippen molar-refractivity contribution in [1.82, 2.24) is 5.32 Å². The van der Waals surface area contributed by atoms with Gasteiger partial charge in [0.15, 0.2) is 0 Å². The van der Waals surface area contributed by atoms with E-state index in [0.717, 1.165) is 0 Å². The Bertz CT molecular complexity index is 490. The summed E-state index contributed by atoms with van der Waals surface area (Å²) in [5.41, 5.74) is 0.0521. The molecule has 0 fully saturated rings. The molecule has 2 rings (SSSR count). The van der Waals surface area contributed by atoms with E-state index in [2.05, 4.69) is 10.6 Å². The molecule has 1 heterocycles. The molecule has 0 aliphatic carbocycles. The molecule has 0 saturated carbocycles. The summed E-state index contributed by atoms with van der Waals surface area (Å²) < 4.78 is 39.0. The maximum Gasteiger partial charge on any atom is 0.408 e. The van der Waals surface area contributed by atoms with Gasteiger partial charge < -0.3 is 5.32 Å². The smallest absolute Gasteiger partial charge is 0.324 e. The van der Waals surface area contributed by atoms with Gasteiger partial charge >= 0.3 is 6.18 Å². The Morgan fingerprint density at radius 1 is 1.33 bits per heavy atom. The molecule has 0 radical (unpaired) electrons. The SMILES string of the molecule is C[C@H]1NC(C(F)(F)F)c2cc(Cl)ccc2NC1=O. The van der Waals surface area contributed by atoms with E-state index in [4.69, 9.17) is 11.6 Å². The van der Waals surface area contributed by atoms with Crippen LogP contribution < -0.4 is 10.6 Å². The van der Waals surface area contributed by atoms with Crippen LogP contribution in [0.25, 0.3) is 0 Å². The third-order valence-corrected chi connectivity index (χ3v) is 2.95. The Kier molecular flexibility index (Phi) is 3.25. The molecule has 1 unspecified atom stereocenters. The highest BCUT2D eigenvalue weighted by molar-refractivity contribution is 6.30. The summed E-state index contributed by atoms with van der Waals surface area (Å²) >= 11 is 5.71. The molecule has 0 spiro atoms. The van der Waals surface area contributed by atoms with Gasteiger partial charge in [0.1, 0.15) is 6.04 Å². The minimum atomic E-state index is -4.50. The molecule has 3 nitrogen and oxygen atoms in total. The molecule has 18 heavy (non-hydrogen) atoms. The van der Waals surface area contributed by atoms with Crippen LogP contribution in [0.3, 0.4) is 0 Å². The quantitative estimate of drug-likeness (QED) is 0.766. The standard InChI is InChI=1S/C11H10ClF3N2O/c1-5-10(18)17-8-3-2-6(12)4-7(8)9(16-5)11(13,14)15/h2-5,9,16H,1H3,(H,17,18)/t5-,9?/m1/s1. The Hall–Kier alpha value is -1.27. The molecule has 1 aliphatic rings. The minimum Gasteiger partial charge on any atom is -0.324 e. The van der Waals surface area contributed by atoms with Crippen molar-refractivity contribution in [2.45, 2.75) is 25.2 Å². The van der Waals surface area contributed by atoms with E-state index in [-0.39, 0.29) is 16.3 Å². The lowest BCUT2D eigenvalue weighted by Crippen LogP contribution is -2.42. The van der Waals surface area contributed by atoms with Gasteiger partial charge in [0.2, 0.25) is 5.91 Å². The van der Waals surface area contributed by atoms with Gasteiger partial charge in [-0.15, -0.1) is 0 Å². The van der Waals surface area contributed by atoms with Gasteiger partial charge in [0.05, 0.1) is 6.04 Å². The van der Waals surface area contributed by atoms with Crippen LogP contribution >= 0.6 is 11.6 Å². The fourth-order valence-electron chi connectivity index (χ4n) is 1.81. The number of anilines is 1. The van der Waals surface area contributed by atoms with Gasteiger partial charge in [-0.3, -0.25) is 10.1 Å². The highest BCUT2D eigenvalue weighted by Gasteiger charge is 2.44. The average Bonchev–Trinajstić information content (AvgIpc) is 2.37. The summed E-state index contributed by atoms with van der Waals surface area (Å²) in [6.45, 7) is 1.38. The Balaban J connectivity index is 2.55. The molecule has 2 N–H and O–H groups in total. The zero-order valence-electron chi connectivity index (χ0n) is 9.31. The van der Waals surface area contributed by atoms with E-state index in [1.54, 1.807) is 0 Å². The van der Waals surface area contributed by atoms with E-state index in [0.29, 0.717) is 0 Å². The fraction of sp³-hybridized carbons (Fsp3) is 0.364. The predicted octanol–water partition coefficient (Wildman–Crippen LogP) is 2.87. The highest BCUT2D eigenvalue weighted by atomic mass is 35.5. The third kappa shape index (κ3) is 2.44. The van der Waals surface area contributed by atoms with Crippen LogP contribution in [0.2, 0.25) is 5.02 Å². The molecule has 1 aromatic rings. The Labute approximate surface area is 106 Å². The largest absolute Gasteiger partial charge is 0.408 e. The molecular weight excluding hydrogens is 269 g/mol. The summed E-state index contributed by atoms with van der Waals surface area (Å²) in [5, 5.41) is 4.89. The number of amides is 1. The second-order valence-corrected chi connectivity index (χ2v) is 4.52. The number of carbonyl (C=O) groups is 1. The van der Waals surface area contributed by atoms with Gasteiger partial charge in [0, 0.05) is 16.3 Å². The number of nitrogens with one attached hydrogen (secondary N) is 2. The van der Waals surface area contributed by atoms with E-state index in [9.17, 15) is 18.0 Å². The van der Waals surface area contributed by atoms with Crippen molar-refractivity contribution in [2.24, 2.45) is 0 Å². The molecule has 1 aliphatic heterocycles. The van der Waals surface area contributed by atoms with Crippen LogP contribution in [0.5, 0.6) is 0 Å². The number of benzene rings is 1. The molecular formula is C11H10ClF3N2O. The van der Waals surface area contributed by atoms with Crippen molar-refractivity contribution in [2.75, 3.05) is 5.32 Å². The molecule has 7 heteroatoms. The predicted molar refractivity (Wildman–Crippen MR) is 61.5 cm³/mol. The van der Waals surface area contributed by atoms with Gasteiger partial charge in [-0.2, -0.15) is 13.2 Å².